The smallest absolute Gasteiger partial charge is 0.166 e. The molecule has 0 aliphatic rings. The van der Waals surface area contributed by atoms with Crippen LogP contribution in [-0.2, 0) is 9.47 Å². The second-order valence-electron chi connectivity index (χ2n) is 3.17. The first-order valence-corrected chi connectivity index (χ1v) is 4.94. The molecule has 16 heavy (non-hydrogen) atoms. The number of rotatable bonds is 7. The van der Waals surface area contributed by atoms with Crippen LogP contribution in [0.25, 0.3) is 0 Å². The molecule has 0 bridgehead atoms. The Morgan fingerprint density at radius 2 is 2.19 bits per heavy atom. The zero-order chi connectivity index (χ0) is 11.8. The lowest BCUT2D eigenvalue weighted by atomic mass is 10.1. The summed E-state index contributed by atoms with van der Waals surface area (Å²) in [5.41, 5.74) is 0.273. The van der Waals surface area contributed by atoms with Crippen LogP contribution in [0.5, 0.6) is 0 Å². The van der Waals surface area contributed by atoms with Crippen molar-refractivity contribution in [3.8, 4) is 0 Å². The predicted molar refractivity (Wildman–Crippen MR) is 55.8 cm³/mol. The Hall–Kier alpha value is -1.33. The van der Waals surface area contributed by atoms with Crippen LogP contribution in [0.1, 0.15) is 16.8 Å². The monoisotopic (exact) mass is 227 g/mol. The van der Waals surface area contributed by atoms with Crippen molar-refractivity contribution in [3.05, 3.63) is 29.8 Å². The van der Waals surface area contributed by atoms with Gasteiger partial charge in [0.05, 0.1) is 26.0 Å². The van der Waals surface area contributed by atoms with Crippen molar-refractivity contribution < 1.29 is 18.7 Å². The molecule has 5 heteroatoms. The van der Waals surface area contributed by atoms with E-state index < -0.39 is 5.82 Å². The molecule has 4 nitrogen and oxygen atoms in total. The van der Waals surface area contributed by atoms with Gasteiger partial charge in [0.15, 0.2) is 5.78 Å². The Kier molecular flexibility index (Phi) is 5.60. The Labute approximate surface area is 93.4 Å². The molecule has 1 rings (SSSR count). The Morgan fingerprint density at radius 3 is 2.88 bits per heavy atom. The first-order chi connectivity index (χ1) is 7.74. The molecule has 0 N–H and O–H groups in total. The highest BCUT2D eigenvalue weighted by atomic mass is 19.1. The van der Waals surface area contributed by atoms with Crippen LogP contribution in [0, 0.1) is 5.82 Å². The van der Waals surface area contributed by atoms with E-state index in [1.54, 1.807) is 7.11 Å². The van der Waals surface area contributed by atoms with Gasteiger partial charge in [-0.1, -0.05) is 0 Å². The van der Waals surface area contributed by atoms with E-state index in [1.165, 1.54) is 12.3 Å². The van der Waals surface area contributed by atoms with Crippen LogP contribution in [0.15, 0.2) is 18.5 Å². The summed E-state index contributed by atoms with van der Waals surface area (Å²) in [6.07, 6.45) is 2.63. The molecule has 0 aromatic carbocycles. The van der Waals surface area contributed by atoms with Gasteiger partial charge in [-0.3, -0.25) is 9.78 Å². The summed E-state index contributed by atoms with van der Waals surface area (Å²) in [6, 6.07) is 1.17. The normalized spacial score (nSPS) is 10.4. The third-order valence-corrected chi connectivity index (χ3v) is 1.93. The van der Waals surface area contributed by atoms with Gasteiger partial charge in [-0.05, 0) is 6.07 Å². The standard InChI is InChI=1S/C11H14FNO3/c1-15-4-5-16-3-2-11(14)9-6-10(12)8-13-7-9/h6-8H,2-5H2,1H3. The molecule has 0 aliphatic carbocycles. The molecule has 0 radical (unpaired) electrons. The third-order valence-electron chi connectivity index (χ3n) is 1.93. The van der Waals surface area contributed by atoms with E-state index in [1.807, 2.05) is 0 Å². The fourth-order valence-corrected chi connectivity index (χ4v) is 1.12. The molecule has 0 spiro atoms. The lowest BCUT2D eigenvalue weighted by Gasteiger charge is -2.03. The van der Waals surface area contributed by atoms with Gasteiger partial charge >= 0.3 is 0 Å². The summed E-state index contributed by atoms with van der Waals surface area (Å²) in [5.74, 6) is -0.685. The number of carbonyl (C=O) groups is 1. The molecule has 1 aromatic heterocycles. The summed E-state index contributed by atoms with van der Waals surface area (Å²) in [5, 5.41) is 0. The minimum absolute atomic E-state index is 0.176. The van der Waals surface area contributed by atoms with Crippen molar-refractivity contribution >= 4 is 5.78 Å². The summed E-state index contributed by atoms with van der Waals surface area (Å²) in [4.78, 5) is 15.1. The SMILES string of the molecule is COCCOCCC(=O)c1cncc(F)c1. The van der Waals surface area contributed by atoms with E-state index in [-0.39, 0.29) is 17.8 Å². The Morgan fingerprint density at radius 1 is 1.38 bits per heavy atom. The number of halogens is 1. The van der Waals surface area contributed by atoms with Crippen molar-refractivity contribution in [2.45, 2.75) is 6.42 Å². The van der Waals surface area contributed by atoms with Gasteiger partial charge in [-0.25, -0.2) is 4.39 Å². The van der Waals surface area contributed by atoms with Crippen molar-refractivity contribution in [1.82, 2.24) is 4.98 Å². The van der Waals surface area contributed by atoms with Crippen molar-refractivity contribution in [1.29, 1.82) is 0 Å². The lowest BCUT2D eigenvalue weighted by Crippen LogP contribution is -2.08. The number of hydrogen-bond donors (Lipinski definition) is 0. The molecule has 0 saturated heterocycles. The molecule has 0 unspecified atom stereocenters. The number of methoxy groups -OCH3 is 1. The minimum Gasteiger partial charge on any atom is -0.382 e. The van der Waals surface area contributed by atoms with Crippen molar-refractivity contribution in [2.24, 2.45) is 0 Å². The summed E-state index contributed by atoms with van der Waals surface area (Å²) >= 11 is 0. The third kappa shape index (κ3) is 4.46. The highest BCUT2D eigenvalue weighted by molar-refractivity contribution is 5.95. The maximum absolute atomic E-state index is 12.8. The first kappa shape index (κ1) is 12.7. The van der Waals surface area contributed by atoms with E-state index in [0.717, 1.165) is 6.20 Å². The van der Waals surface area contributed by atoms with Gasteiger partial charge in [0.2, 0.25) is 0 Å². The number of nitrogens with zero attached hydrogens (tertiary/aromatic N) is 1. The van der Waals surface area contributed by atoms with Crippen LogP contribution in [0.3, 0.4) is 0 Å². The number of ketones is 1. The maximum Gasteiger partial charge on any atom is 0.166 e. The fourth-order valence-electron chi connectivity index (χ4n) is 1.12. The average Bonchev–Trinajstić information content (AvgIpc) is 2.28. The molecule has 0 atom stereocenters. The fraction of sp³-hybridized carbons (Fsp3) is 0.455. The molecule has 0 amide bonds. The highest BCUT2D eigenvalue weighted by Gasteiger charge is 2.06. The van der Waals surface area contributed by atoms with Crippen LogP contribution in [0.4, 0.5) is 4.39 Å². The molecule has 0 saturated carbocycles. The molecule has 0 fully saturated rings. The molecular formula is C11H14FNO3. The highest BCUT2D eigenvalue weighted by Crippen LogP contribution is 2.04. The summed E-state index contributed by atoms with van der Waals surface area (Å²) in [6.45, 7) is 1.25. The Balaban J connectivity index is 2.30. The van der Waals surface area contributed by atoms with E-state index in [0.29, 0.717) is 19.8 Å². The number of Topliss-reactive ketones (excluding diaryl/α,β-unsaturated/α-hetero) is 1. The van der Waals surface area contributed by atoms with Crippen molar-refractivity contribution in [2.75, 3.05) is 26.9 Å². The van der Waals surface area contributed by atoms with Gasteiger partial charge in [-0.15, -0.1) is 0 Å². The molecular weight excluding hydrogens is 213 g/mol. The number of aromatic nitrogens is 1. The molecule has 1 heterocycles. The maximum atomic E-state index is 12.8. The van der Waals surface area contributed by atoms with Crippen LogP contribution in [0.2, 0.25) is 0 Å². The second-order valence-corrected chi connectivity index (χ2v) is 3.17. The van der Waals surface area contributed by atoms with Gasteiger partial charge in [0.25, 0.3) is 0 Å². The first-order valence-electron chi connectivity index (χ1n) is 4.94. The van der Waals surface area contributed by atoms with E-state index in [9.17, 15) is 9.18 Å². The number of carbonyl (C=O) groups excluding carboxylic acids is 1. The predicted octanol–water partition coefficient (Wildman–Crippen LogP) is 1.46. The zero-order valence-corrected chi connectivity index (χ0v) is 9.11. The van der Waals surface area contributed by atoms with Gasteiger partial charge in [-0.2, -0.15) is 0 Å². The van der Waals surface area contributed by atoms with E-state index in [4.69, 9.17) is 9.47 Å². The molecule has 1 aromatic rings. The van der Waals surface area contributed by atoms with Crippen LogP contribution < -0.4 is 0 Å². The van der Waals surface area contributed by atoms with Crippen molar-refractivity contribution in [3.63, 3.8) is 0 Å². The number of ether oxygens (including phenoxy) is 2. The van der Waals surface area contributed by atoms with E-state index >= 15 is 0 Å². The lowest BCUT2D eigenvalue weighted by molar-refractivity contribution is 0.0641. The zero-order valence-electron chi connectivity index (χ0n) is 9.11. The number of pyridine rings is 1. The number of hydrogen-bond acceptors (Lipinski definition) is 4. The molecule has 0 aliphatic heterocycles. The van der Waals surface area contributed by atoms with E-state index in [2.05, 4.69) is 4.98 Å². The van der Waals surface area contributed by atoms with Gasteiger partial charge < -0.3 is 9.47 Å². The second kappa shape index (κ2) is 7.03. The molecule has 88 valence electrons. The van der Waals surface area contributed by atoms with Gasteiger partial charge in [0.1, 0.15) is 5.82 Å². The summed E-state index contributed by atoms with van der Waals surface area (Å²) in [7, 11) is 1.58. The Bertz CT molecular complexity index is 344. The quantitative estimate of drug-likeness (QED) is 0.522. The minimum atomic E-state index is -0.508. The topological polar surface area (TPSA) is 48.4 Å². The van der Waals surface area contributed by atoms with Crippen LogP contribution >= 0.6 is 0 Å². The van der Waals surface area contributed by atoms with Crippen LogP contribution in [-0.4, -0.2) is 37.7 Å². The largest absolute Gasteiger partial charge is 0.382 e. The summed E-state index contributed by atoms with van der Waals surface area (Å²) < 4.78 is 22.7. The van der Waals surface area contributed by atoms with Gasteiger partial charge in [0, 0.05) is 25.3 Å². The average molecular weight is 227 g/mol.